The summed E-state index contributed by atoms with van der Waals surface area (Å²) in [4.78, 5) is 25.0. The Balaban J connectivity index is 1.82. The summed E-state index contributed by atoms with van der Waals surface area (Å²) in [7, 11) is 0. The number of hydrogen-bond acceptors (Lipinski definition) is 3. The van der Waals surface area contributed by atoms with Gasteiger partial charge in [-0.15, -0.1) is 0 Å². The van der Waals surface area contributed by atoms with E-state index in [1.54, 1.807) is 12.3 Å². The van der Waals surface area contributed by atoms with Crippen LogP contribution in [-0.4, -0.2) is 11.7 Å². The van der Waals surface area contributed by atoms with E-state index in [0.29, 0.717) is 13.0 Å². The van der Waals surface area contributed by atoms with E-state index in [2.05, 4.69) is 19.2 Å². The van der Waals surface area contributed by atoms with Crippen LogP contribution in [0, 0.1) is 16.2 Å². The van der Waals surface area contributed by atoms with Crippen LogP contribution in [-0.2, 0) is 16.1 Å². The molecule has 1 aromatic heterocycles. The van der Waals surface area contributed by atoms with Gasteiger partial charge in [0.05, 0.1) is 18.2 Å². The van der Waals surface area contributed by atoms with Gasteiger partial charge in [0.25, 0.3) is 0 Å². The molecule has 4 heteroatoms. The van der Waals surface area contributed by atoms with E-state index in [4.69, 9.17) is 4.42 Å². The largest absolute Gasteiger partial charge is 0.467 e. The molecular weight excluding hydrogens is 254 g/mol. The molecular formula is C16H21NO3. The maximum Gasteiger partial charge on any atom is 0.227 e. The van der Waals surface area contributed by atoms with Crippen LogP contribution in [0.15, 0.2) is 22.8 Å². The number of amides is 1. The second-order valence-corrected chi connectivity index (χ2v) is 6.90. The molecule has 0 aliphatic heterocycles. The zero-order chi connectivity index (χ0) is 14.6. The Morgan fingerprint density at radius 2 is 2.10 bits per heavy atom. The van der Waals surface area contributed by atoms with Crippen molar-refractivity contribution in [2.24, 2.45) is 16.2 Å². The molecule has 4 nitrogen and oxygen atoms in total. The van der Waals surface area contributed by atoms with Gasteiger partial charge in [0.1, 0.15) is 11.5 Å². The fourth-order valence-corrected chi connectivity index (χ4v) is 4.11. The van der Waals surface area contributed by atoms with Gasteiger partial charge in [-0.2, -0.15) is 0 Å². The van der Waals surface area contributed by atoms with E-state index in [1.807, 2.05) is 13.0 Å². The third-order valence-electron chi connectivity index (χ3n) is 6.14. The molecule has 2 bridgehead atoms. The second kappa shape index (κ2) is 3.96. The summed E-state index contributed by atoms with van der Waals surface area (Å²) in [6.07, 6.45) is 3.58. The van der Waals surface area contributed by atoms with Gasteiger partial charge in [0.2, 0.25) is 5.91 Å². The normalized spacial score (nSPS) is 34.5. The average molecular weight is 275 g/mol. The highest BCUT2D eigenvalue weighted by atomic mass is 16.3. The van der Waals surface area contributed by atoms with Gasteiger partial charge in [0.15, 0.2) is 0 Å². The zero-order valence-corrected chi connectivity index (χ0v) is 12.3. The lowest BCUT2D eigenvalue weighted by Gasteiger charge is -2.38. The number of rotatable bonds is 3. The maximum absolute atomic E-state index is 12.7. The number of Topliss-reactive ketones (excluding diaryl/α,β-unsaturated/α-hetero) is 1. The molecule has 1 aromatic rings. The summed E-state index contributed by atoms with van der Waals surface area (Å²) in [5.74, 6) is 0.966. The highest BCUT2D eigenvalue weighted by molar-refractivity contribution is 5.99. The fourth-order valence-electron chi connectivity index (χ4n) is 4.11. The number of carbonyl (C=O) groups excluding carboxylic acids is 2. The first-order valence-corrected chi connectivity index (χ1v) is 7.17. The van der Waals surface area contributed by atoms with Crippen LogP contribution in [0.1, 0.15) is 45.8 Å². The van der Waals surface area contributed by atoms with Crippen LogP contribution in [0.4, 0.5) is 0 Å². The molecule has 3 rings (SSSR count). The number of ketones is 1. The Bertz CT molecular complexity index is 560. The molecule has 2 aliphatic rings. The quantitative estimate of drug-likeness (QED) is 0.922. The predicted molar refractivity (Wildman–Crippen MR) is 73.7 cm³/mol. The Hall–Kier alpha value is -1.58. The van der Waals surface area contributed by atoms with Gasteiger partial charge < -0.3 is 9.73 Å². The second-order valence-electron chi connectivity index (χ2n) is 6.90. The Morgan fingerprint density at radius 3 is 2.60 bits per heavy atom. The zero-order valence-electron chi connectivity index (χ0n) is 12.3. The Morgan fingerprint density at radius 1 is 1.35 bits per heavy atom. The lowest BCUT2D eigenvalue weighted by molar-refractivity contribution is -0.136. The minimum atomic E-state index is -0.550. The van der Waals surface area contributed by atoms with E-state index in [0.717, 1.165) is 18.6 Å². The van der Waals surface area contributed by atoms with Crippen molar-refractivity contribution in [1.82, 2.24) is 5.32 Å². The highest BCUT2D eigenvalue weighted by Gasteiger charge is 2.72. The first kappa shape index (κ1) is 13.4. The number of carbonyl (C=O) groups is 2. The van der Waals surface area contributed by atoms with Crippen molar-refractivity contribution in [1.29, 1.82) is 0 Å². The van der Waals surface area contributed by atoms with Gasteiger partial charge in [-0.25, -0.2) is 0 Å². The summed E-state index contributed by atoms with van der Waals surface area (Å²) in [5, 5.41) is 2.95. The summed E-state index contributed by atoms with van der Waals surface area (Å²) in [5.41, 5.74) is -1.19. The molecule has 2 aliphatic carbocycles. The van der Waals surface area contributed by atoms with E-state index >= 15 is 0 Å². The number of hydrogen-bond donors (Lipinski definition) is 1. The van der Waals surface area contributed by atoms with Crippen molar-refractivity contribution < 1.29 is 14.0 Å². The number of fused-ring (bicyclic) bond motifs is 2. The number of nitrogens with one attached hydrogen (secondary N) is 1. The smallest absolute Gasteiger partial charge is 0.227 e. The molecule has 2 atom stereocenters. The fraction of sp³-hybridized carbons (Fsp3) is 0.625. The van der Waals surface area contributed by atoms with Gasteiger partial charge in [-0.3, -0.25) is 9.59 Å². The molecule has 1 N–H and O–H groups in total. The summed E-state index contributed by atoms with van der Waals surface area (Å²) < 4.78 is 5.23. The van der Waals surface area contributed by atoms with Gasteiger partial charge in [-0.05, 0) is 30.4 Å². The molecule has 0 aromatic carbocycles. The van der Waals surface area contributed by atoms with Crippen molar-refractivity contribution in [2.45, 2.75) is 46.6 Å². The van der Waals surface area contributed by atoms with Gasteiger partial charge >= 0.3 is 0 Å². The average Bonchev–Trinajstić information content (AvgIpc) is 3.01. The molecule has 20 heavy (non-hydrogen) atoms. The Kier molecular flexibility index (Phi) is 2.66. The molecule has 0 radical (unpaired) electrons. The maximum atomic E-state index is 12.7. The first-order valence-electron chi connectivity index (χ1n) is 7.17. The van der Waals surface area contributed by atoms with Crippen LogP contribution in [0.2, 0.25) is 0 Å². The molecule has 1 amide bonds. The first-order chi connectivity index (χ1) is 9.33. The van der Waals surface area contributed by atoms with Crippen LogP contribution >= 0.6 is 0 Å². The molecule has 0 spiro atoms. The predicted octanol–water partition coefficient (Wildman–Crippen LogP) is 2.68. The van der Waals surface area contributed by atoms with E-state index < -0.39 is 5.41 Å². The van der Waals surface area contributed by atoms with Crippen molar-refractivity contribution in [2.75, 3.05) is 0 Å². The molecule has 108 valence electrons. The van der Waals surface area contributed by atoms with E-state index in [-0.39, 0.29) is 22.5 Å². The van der Waals surface area contributed by atoms with Crippen LogP contribution in [0.3, 0.4) is 0 Å². The molecule has 0 saturated heterocycles. The standard InChI is InChI=1S/C16H21NO3/c1-14(2)15(3)6-7-16(14,9-12(15)18)13(19)17-10-11-5-4-8-20-11/h4-5,8H,6-7,9-10H2,1-3H3,(H,17,19). The minimum absolute atomic E-state index is 0.00604. The van der Waals surface area contributed by atoms with Crippen molar-refractivity contribution in [3.63, 3.8) is 0 Å². The molecule has 1 heterocycles. The molecule has 2 saturated carbocycles. The Labute approximate surface area is 118 Å². The SMILES string of the molecule is CC12CCC(C(=O)NCc3ccco3)(CC1=O)C2(C)C. The van der Waals surface area contributed by atoms with Crippen molar-refractivity contribution in [3.8, 4) is 0 Å². The number of furan rings is 1. The van der Waals surface area contributed by atoms with Crippen molar-refractivity contribution in [3.05, 3.63) is 24.2 Å². The van der Waals surface area contributed by atoms with Gasteiger partial charge in [-0.1, -0.05) is 20.8 Å². The van der Waals surface area contributed by atoms with Crippen molar-refractivity contribution >= 4 is 11.7 Å². The third kappa shape index (κ3) is 1.42. The molecule has 2 unspecified atom stereocenters. The minimum Gasteiger partial charge on any atom is -0.467 e. The summed E-state index contributed by atoms with van der Waals surface area (Å²) in [6, 6.07) is 3.64. The molecule has 2 fully saturated rings. The third-order valence-corrected chi connectivity index (χ3v) is 6.14. The summed E-state index contributed by atoms with van der Waals surface area (Å²) in [6.45, 7) is 6.53. The van der Waals surface area contributed by atoms with E-state index in [9.17, 15) is 9.59 Å². The highest BCUT2D eigenvalue weighted by Crippen LogP contribution is 2.70. The van der Waals surface area contributed by atoms with Crippen LogP contribution < -0.4 is 5.32 Å². The monoisotopic (exact) mass is 275 g/mol. The topological polar surface area (TPSA) is 59.3 Å². The van der Waals surface area contributed by atoms with Crippen LogP contribution in [0.25, 0.3) is 0 Å². The van der Waals surface area contributed by atoms with Gasteiger partial charge in [0, 0.05) is 11.8 Å². The lowest BCUT2D eigenvalue weighted by atomic mass is 9.64. The van der Waals surface area contributed by atoms with E-state index in [1.165, 1.54) is 0 Å². The van der Waals surface area contributed by atoms with Crippen LogP contribution in [0.5, 0.6) is 0 Å². The lowest BCUT2D eigenvalue weighted by Crippen LogP contribution is -2.46. The summed E-state index contributed by atoms with van der Waals surface area (Å²) >= 11 is 0.